The molecule has 3 aliphatic heterocycles. The smallest absolute Gasteiger partial charge is 0.410 e. The predicted octanol–water partition coefficient (Wildman–Crippen LogP) is 2.83. The number of ether oxygens (including phenoxy) is 1. The van der Waals surface area contributed by atoms with E-state index in [4.69, 9.17) is 4.74 Å². The number of likely N-dealkylation sites (N-methyl/N-ethyl adjacent to an activating group) is 1. The van der Waals surface area contributed by atoms with Gasteiger partial charge in [-0.15, -0.1) is 0 Å². The molecule has 0 radical (unpaired) electrons. The van der Waals surface area contributed by atoms with Crippen molar-refractivity contribution in [3.8, 4) is 0 Å². The van der Waals surface area contributed by atoms with E-state index in [0.29, 0.717) is 51.5 Å². The summed E-state index contributed by atoms with van der Waals surface area (Å²) in [6.45, 7) is 6.52. The molecule has 0 aliphatic carbocycles. The van der Waals surface area contributed by atoms with Crippen LogP contribution in [0.3, 0.4) is 0 Å². The van der Waals surface area contributed by atoms with Crippen molar-refractivity contribution in [3.63, 3.8) is 0 Å². The monoisotopic (exact) mass is 614 g/mol. The molecule has 0 unspecified atom stereocenters. The molecule has 7 rings (SSSR count). The first-order valence-electron chi connectivity index (χ1n) is 16.2. The number of rotatable bonds is 6. The normalized spacial score (nSPS) is 20.2. The van der Waals surface area contributed by atoms with Crippen molar-refractivity contribution in [2.24, 2.45) is 0 Å². The Morgan fingerprint density at radius 1 is 0.889 bits per heavy atom. The number of nitrogens with zero attached hydrogens (tertiary/aromatic N) is 6. The second-order valence-electron chi connectivity index (χ2n) is 12.8. The Morgan fingerprint density at radius 2 is 1.60 bits per heavy atom. The van der Waals surface area contributed by atoms with Gasteiger partial charge in [-0.2, -0.15) is 5.10 Å². The molecular weight excluding hydrogens is 572 g/mol. The number of likely N-dealkylation sites (tertiary alicyclic amines) is 2. The highest BCUT2D eigenvalue weighted by atomic mass is 16.6. The first-order chi connectivity index (χ1) is 21.9. The minimum atomic E-state index is -0.920. The zero-order valence-electron chi connectivity index (χ0n) is 25.9. The number of hydrogen-bond donors (Lipinski definition) is 2. The Morgan fingerprint density at radius 3 is 2.38 bits per heavy atom. The van der Waals surface area contributed by atoms with Gasteiger partial charge in [-0.1, -0.05) is 18.2 Å². The zero-order chi connectivity index (χ0) is 30.9. The molecule has 238 valence electrons. The van der Waals surface area contributed by atoms with Crippen molar-refractivity contribution in [3.05, 3.63) is 64.7 Å². The molecule has 2 aromatic heterocycles. The zero-order valence-corrected chi connectivity index (χ0v) is 25.9. The van der Waals surface area contributed by atoms with E-state index >= 15 is 0 Å². The SMILES string of the molecule is CN1CCN(C2CCN(C(=O)[C@@H](Cc3ccc4[nH]ncc4c3)OC(=O)N3CCC(n4c(=O)[nH]c5ccccc54)CC3)CC2)CC1. The van der Waals surface area contributed by atoms with Crippen LogP contribution in [0, 0.1) is 0 Å². The van der Waals surface area contributed by atoms with Crippen molar-refractivity contribution in [1.82, 2.24) is 39.3 Å². The van der Waals surface area contributed by atoms with E-state index in [1.807, 2.05) is 51.9 Å². The maximum Gasteiger partial charge on any atom is 0.410 e. The van der Waals surface area contributed by atoms with Gasteiger partial charge in [0.25, 0.3) is 5.91 Å². The summed E-state index contributed by atoms with van der Waals surface area (Å²) in [6, 6.07) is 14.0. The highest BCUT2D eigenvalue weighted by Crippen LogP contribution is 2.26. The Balaban J connectivity index is 1.02. The van der Waals surface area contributed by atoms with Gasteiger partial charge in [-0.3, -0.25) is 19.4 Å². The molecule has 0 spiro atoms. The third-order valence-corrected chi connectivity index (χ3v) is 9.99. The lowest BCUT2D eigenvalue weighted by atomic mass is 10.00. The predicted molar refractivity (Wildman–Crippen MR) is 171 cm³/mol. The van der Waals surface area contributed by atoms with Crippen LogP contribution in [0.2, 0.25) is 0 Å². The number of fused-ring (bicyclic) bond motifs is 2. The van der Waals surface area contributed by atoms with Crippen LogP contribution in [0.4, 0.5) is 4.79 Å². The molecular formula is C33H42N8O4. The molecule has 12 nitrogen and oxygen atoms in total. The lowest BCUT2D eigenvalue weighted by molar-refractivity contribution is -0.142. The van der Waals surface area contributed by atoms with Crippen molar-refractivity contribution < 1.29 is 14.3 Å². The number of piperazine rings is 1. The average Bonchev–Trinajstić information content (AvgIpc) is 3.67. The fraction of sp³-hybridized carbons (Fsp3) is 0.515. The summed E-state index contributed by atoms with van der Waals surface area (Å²) in [5.41, 5.74) is 3.39. The highest BCUT2D eigenvalue weighted by molar-refractivity contribution is 5.85. The molecule has 4 aromatic rings. The standard InChI is InChI=1S/C33H42N8O4/c1-37-16-18-38(19-17-37)25-8-12-39(13-9-25)31(42)30(21-23-6-7-27-24(20-23)22-34-36-27)45-33(44)40-14-10-26(11-15-40)41-29-5-3-2-4-28(29)35-32(41)43/h2-7,20,22,25-26,30H,8-19,21H2,1H3,(H,34,36)(H,35,43)/t30-/m1/s1. The van der Waals surface area contributed by atoms with Crippen LogP contribution < -0.4 is 5.69 Å². The Labute approximate surface area is 261 Å². The van der Waals surface area contributed by atoms with Crippen molar-refractivity contribution in [2.75, 3.05) is 59.4 Å². The summed E-state index contributed by atoms with van der Waals surface area (Å²) in [4.78, 5) is 51.7. The van der Waals surface area contributed by atoms with E-state index in [1.165, 1.54) is 0 Å². The lowest BCUT2D eigenvalue weighted by Gasteiger charge is -2.42. The summed E-state index contributed by atoms with van der Waals surface area (Å²) in [5.74, 6) is -0.132. The second-order valence-corrected chi connectivity index (χ2v) is 12.8. The van der Waals surface area contributed by atoms with Crippen molar-refractivity contribution in [2.45, 2.75) is 50.3 Å². The molecule has 3 aliphatic rings. The Kier molecular flexibility index (Phi) is 8.33. The van der Waals surface area contributed by atoms with Crippen LogP contribution in [-0.2, 0) is 16.0 Å². The van der Waals surface area contributed by atoms with Gasteiger partial charge in [0.05, 0.1) is 22.7 Å². The number of piperidine rings is 2. The summed E-state index contributed by atoms with van der Waals surface area (Å²) in [7, 11) is 2.16. The van der Waals surface area contributed by atoms with Crippen molar-refractivity contribution in [1.29, 1.82) is 0 Å². The molecule has 5 heterocycles. The van der Waals surface area contributed by atoms with Gasteiger partial charge >= 0.3 is 11.8 Å². The van der Waals surface area contributed by atoms with Gasteiger partial charge in [-0.25, -0.2) is 9.59 Å². The maximum absolute atomic E-state index is 14.0. The number of hydrogen-bond acceptors (Lipinski definition) is 7. The molecule has 3 saturated heterocycles. The van der Waals surface area contributed by atoms with E-state index in [2.05, 4.69) is 32.0 Å². The maximum atomic E-state index is 14.0. The molecule has 45 heavy (non-hydrogen) atoms. The summed E-state index contributed by atoms with van der Waals surface area (Å²) in [6.07, 6.45) is 3.78. The number of nitrogens with one attached hydrogen (secondary N) is 2. The Bertz CT molecular complexity index is 1700. The van der Waals surface area contributed by atoms with E-state index in [1.54, 1.807) is 11.1 Å². The fourth-order valence-electron chi connectivity index (χ4n) is 7.29. The summed E-state index contributed by atoms with van der Waals surface area (Å²) >= 11 is 0. The van der Waals surface area contributed by atoms with E-state index < -0.39 is 12.2 Å². The number of aromatic amines is 2. The number of H-pyrrole nitrogens is 2. The van der Waals surface area contributed by atoms with Gasteiger partial charge in [0, 0.05) is 76.2 Å². The quantitative estimate of drug-likeness (QED) is 0.343. The second kappa shape index (κ2) is 12.7. The van der Waals surface area contributed by atoms with E-state index in [9.17, 15) is 14.4 Å². The first-order valence-corrected chi connectivity index (χ1v) is 16.2. The molecule has 0 saturated carbocycles. The van der Waals surface area contributed by atoms with Crippen LogP contribution in [0.15, 0.2) is 53.5 Å². The highest BCUT2D eigenvalue weighted by Gasteiger charge is 2.35. The van der Waals surface area contributed by atoms with Crippen LogP contribution >= 0.6 is 0 Å². The largest absolute Gasteiger partial charge is 0.436 e. The molecule has 2 aromatic carbocycles. The number of carbonyl (C=O) groups is 2. The number of imidazole rings is 1. The van der Waals surface area contributed by atoms with Crippen LogP contribution in [0.25, 0.3) is 21.9 Å². The van der Waals surface area contributed by atoms with Crippen LogP contribution in [0.5, 0.6) is 0 Å². The van der Waals surface area contributed by atoms with Gasteiger partial charge in [0.1, 0.15) is 0 Å². The van der Waals surface area contributed by atoms with Crippen molar-refractivity contribution >= 4 is 33.9 Å². The van der Waals surface area contributed by atoms with Crippen LogP contribution in [0.1, 0.15) is 37.3 Å². The molecule has 0 bridgehead atoms. The molecule has 2 N–H and O–H groups in total. The molecule has 3 fully saturated rings. The number of aromatic nitrogens is 4. The van der Waals surface area contributed by atoms with Gasteiger partial charge in [0.2, 0.25) is 0 Å². The minimum Gasteiger partial charge on any atom is -0.436 e. The van der Waals surface area contributed by atoms with Gasteiger partial charge in [-0.05, 0) is 62.6 Å². The summed E-state index contributed by atoms with van der Waals surface area (Å²) < 4.78 is 7.87. The topological polar surface area (TPSA) is 123 Å². The fourth-order valence-corrected chi connectivity index (χ4v) is 7.29. The first kappa shape index (κ1) is 29.5. The number of para-hydroxylation sites is 2. The third-order valence-electron chi connectivity index (χ3n) is 9.99. The average molecular weight is 615 g/mol. The number of carbonyl (C=O) groups excluding carboxylic acids is 2. The lowest BCUT2D eigenvalue weighted by Crippen LogP contribution is -2.54. The summed E-state index contributed by atoms with van der Waals surface area (Å²) in [5, 5.41) is 8.03. The minimum absolute atomic E-state index is 0.0154. The molecule has 1 atom stereocenters. The molecule has 2 amide bonds. The van der Waals surface area contributed by atoms with Crippen LogP contribution in [-0.4, -0.2) is 123 Å². The number of amides is 2. The Hall–Kier alpha value is -4.16. The van der Waals surface area contributed by atoms with E-state index in [0.717, 1.165) is 66.5 Å². The van der Waals surface area contributed by atoms with E-state index in [-0.39, 0.29) is 17.6 Å². The third kappa shape index (κ3) is 6.21. The molecule has 12 heteroatoms. The van der Waals surface area contributed by atoms with Gasteiger partial charge < -0.3 is 24.4 Å². The number of benzene rings is 2. The van der Waals surface area contributed by atoms with Gasteiger partial charge in [0.15, 0.2) is 6.10 Å².